The Balaban J connectivity index is 2.04. The van der Waals surface area contributed by atoms with Gasteiger partial charge in [0.25, 0.3) is 0 Å². The summed E-state index contributed by atoms with van der Waals surface area (Å²) in [7, 11) is 0. The zero-order chi connectivity index (χ0) is 11.4. The van der Waals surface area contributed by atoms with E-state index in [-0.39, 0.29) is 0 Å². The third kappa shape index (κ3) is 2.44. The summed E-state index contributed by atoms with van der Waals surface area (Å²) in [5.41, 5.74) is 6.93. The topological polar surface area (TPSA) is 59.6 Å². The average molecular weight is 223 g/mol. The van der Waals surface area contributed by atoms with Crippen LogP contribution >= 0.6 is 0 Å². The quantitative estimate of drug-likeness (QED) is 0.744. The van der Waals surface area contributed by atoms with E-state index in [0.29, 0.717) is 18.4 Å². The van der Waals surface area contributed by atoms with Gasteiger partial charge in [-0.15, -0.1) is 0 Å². The van der Waals surface area contributed by atoms with Crippen LogP contribution in [0.15, 0.2) is 16.9 Å². The van der Waals surface area contributed by atoms with Crippen molar-refractivity contribution >= 4 is 5.71 Å². The molecule has 2 aliphatic rings. The summed E-state index contributed by atoms with van der Waals surface area (Å²) in [4.78, 5) is 4.60. The number of allylic oxidation sites excluding steroid dienone is 1. The second kappa shape index (κ2) is 5.46. The molecule has 4 heteroatoms. The third-order valence-corrected chi connectivity index (χ3v) is 3.36. The van der Waals surface area contributed by atoms with Crippen LogP contribution in [0.5, 0.6) is 0 Å². The molecule has 0 aromatic carbocycles. The highest BCUT2D eigenvalue weighted by Gasteiger charge is 2.30. The zero-order valence-electron chi connectivity index (χ0n) is 9.91. The fourth-order valence-electron chi connectivity index (χ4n) is 2.48. The minimum atomic E-state index is 0.495. The van der Waals surface area contributed by atoms with Gasteiger partial charge in [-0.25, -0.2) is 4.99 Å². The standard InChI is InChI=1S/C12H21N3O/c1-2-14-12-4-3-10(11(7-13)15-12)9-5-6-16-8-9/h4,9-10,14H,2-3,5-8,13H2,1H3/t9-,10?/m1/s1. The van der Waals surface area contributed by atoms with Crippen molar-refractivity contribution in [3.05, 3.63) is 11.9 Å². The van der Waals surface area contributed by atoms with Crippen molar-refractivity contribution in [3.8, 4) is 0 Å². The maximum atomic E-state index is 5.79. The number of hydrogen-bond acceptors (Lipinski definition) is 4. The molecule has 1 saturated heterocycles. The van der Waals surface area contributed by atoms with Gasteiger partial charge in [0.1, 0.15) is 5.82 Å². The number of aliphatic imine (C=N–C) groups is 1. The van der Waals surface area contributed by atoms with Crippen LogP contribution in [0.2, 0.25) is 0 Å². The molecule has 0 spiro atoms. The Hall–Kier alpha value is -0.870. The van der Waals surface area contributed by atoms with E-state index in [1.165, 1.54) is 0 Å². The first-order chi connectivity index (χ1) is 7.85. The first-order valence-electron chi connectivity index (χ1n) is 6.14. The molecule has 3 N–H and O–H groups in total. The summed E-state index contributed by atoms with van der Waals surface area (Å²) in [5, 5.41) is 3.25. The number of nitrogens with zero attached hydrogens (tertiary/aromatic N) is 1. The molecule has 0 aromatic rings. The SMILES string of the molecule is CCNC1=CCC([C@@H]2CCOC2)C(CN)=N1. The highest BCUT2D eigenvalue weighted by atomic mass is 16.5. The minimum absolute atomic E-state index is 0.495. The molecular formula is C12H21N3O. The Labute approximate surface area is 97.0 Å². The average Bonchev–Trinajstić information content (AvgIpc) is 2.83. The van der Waals surface area contributed by atoms with Crippen molar-refractivity contribution in [1.29, 1.82) is 0 Å². The molecule has 1 unspecified atom stereocenters. The van der Waals surface area contributed by atoms with Crippen molar-refractivity contribution in [1.82, 2.24) is 5.32 Å². The van der Waals surface area contributed by atoms with Gasteiger partial charge in [-0.3, -0.25) is 0 Å². The van der Waals surface area contributed by atoms with E-state index in [1.54, 1.807) is 0 Å². The van der Waals surface area contributed by atoms with E-state index in [1.807, 2.05) is 0 Å². The molecule has 90 valence electrons. The van der Waals surface area contributed by atoms with Gasteiger partial charge in [-0.05, 0) is 31.8 Å². The number of nitrogens with one attached hydrogen (secondary N) is 1. The van der Waals surface area contributed by atoms with Gasteiger partial charge in [0, 0.05) is 31.3 Å². The molecule has 2 heterocycles. The van der Waals surface area contributed by atoms with Gasteiger partial charge in [-0.2, -0.15) is 0 Å². The van der Waals surface area contributed by atoms with E-state index < -0.39 is 0 Å². The second-order valence-corrected chi connectivity index (χ2v) is 4.39. The van der Waals surface area contributed by atoms with Crippen molar-refractivity contribution < 1.29 is 4.74 Å². The molecular weight excluding hydrogens is 202 g/mol. The number of rotatable bonds is 4. The lowest BCUT2D eigenvalue weighted by Crippen LogP contribution is -2.33. The highest BCUT2D eigenvalue weighted by molar-refractivity contribution is 5.90. The van der Waals surface area contributed by atoms with E-state index in [9.17, 15) is 0 Å². The molecule has 0 saturated carbocycles. The Kier molecular flexibility index (Phi) is 3.96. The lowest BCUT2D eigenvalue weighted by Gasteiger charge is -2.26. The van der Waals surface area contributed by atoms with Crippen LogP contribution in [-0.2, 0) is 4.74 Å². The molecule has 1 fully saturated rings. The number of hydrogen-bond donors (Lipinski definition) is 2. The molecule has 0 amide bonds. The maximum Gasteiger partial charge on any atom is 0.121 e. The monoisotopic (exact) mass is 223 g/mol. The summed E-state index contributed by atoms with van der Waals surface area (Å²) < 4.78 is 5.45. The summed E-state index contributed by atoms with van der Waals surface area (Å²) in [6.45, 7) is 5.31. The first kappa shape index (κ1) is 11.6. The van der Waals surface area contributed by atoms with Crippen LogP contribution in [0.1, 0.15) is 19.8 Å². The first-order valence-corrected chi connectivity index (χ1v) is 6.14. The molecule has 0 bridgehead atoms. The van der Waals surface area contributed by atoms with Gasteiger partial charge < -0.3 is 15.8 Å². The van der Waals surface area contributed by atoms with E-state index in [2.05, 4.69) is 23.3 Å². The van der Waals surface area contributed by atoms with E-state index in [4.69, 9.17) is 10.5 Å². The lowest BCUT2D eigenvalue weighted by molar-refractivity contribution is 0.179. The Morgan fingerprint density at radius 1 is 1.62 bits per heavy atom. The van der Waals surface area contributed by atoms with Gasteiger partial charge in [0.2, 0.25) is 0 Å². The molecule has 0 radical (unpaired) electrons. The molecule has 2 aliphatic heterocycles. The molecule has 0 aliphatic carbocycles. The van der Waals surface area contributed by atoms with E-state index in [0.717, 1.165) is 44.1 Å². The maximum absolute atomic E-state index is 5.79. The van der Waals surface area contributed by atoms with Gasteiger partial charge in [-0.1, -0.05) is 0 Å². The third-order valence-electron chi connectivity index (χ3n) is 3.36. The van der Waals surface area contributed by atoms with Crippen LogP contribution in [-0.4, -0.2) is 32.0 Å². The highest BCUT2D eigenvalue weighted by Crippen LogP contribution is 2.29. The van der Waals surface area contributed by atoms with Crippen LogP contribution in [0.4, 0.5) is 0 Å². The largest absolute Gasteiger partial charge is 0.381 e. The Bertz CT molecular complexity index is 293. The molecule has 16 heavy (non-hydrogen) atoms. The fourth-order valence-corrected chi connectivity index (χ4v) is 2.48. The molecule has 0 aromatic heterocycles. The molecule has 4 nitrogen and oxygen atoms in total. The van der Waals surface area contributed by atoms with E-state index >= 15 is 0 Å². The minimum Gasteiger partial charge on any atom is -0.381 e. The fraction of sp³-hybridized carbons (Fsp3) is 0.750. The predicted molar refractivity (Wildman–Crippen MR) is 65.3 cm³/mol. The van der Waals surface area contributed by atoms with Crippen molar-refractivity contribution in [3.63, 3.8) is 0 Å². The molecule has 2 atom stereocenters. The summed E-state index contributed by atoms with van der Waals surface area (Å²) >= 11 is 0. The van der Waals surface area contributed by atoms with Gasteiger partial charge in [0.05, 0.1) is 6.61 Å². The lowest BCUT2D eigenvalue weighted by atomic mass is 9.83. The predicted octanol–water partition coefficient (Wildman–Crippen LogP) is 0.893. The zero-order valence-corrected chi connectivity index (χ0v) is 9.91. The van der Waals surface area contributed by atoms with Crippen LogP contribution in [0.3, 0.4) is 0 Å². The summed E-state index contributed by atoms with van der Waals surface area (Å²) in [6.07, 6.45) is 4.38. The smallest absolute Gasteiger partial charge is 0.121 e. The second-order valence-electron chi connectivity index (χ2n) is 4.39. The number of ether oxygens (including phenoxy) is 1. The summed E-state index contributed by atoms with van der Waals surface area (Å²) in [5.74, 6) is 2.09. The van der Waals surface area contributed by atoms with Crippen molar-refractivity contribution in [2.24, 2.45) is 22.6 Å². The molecule has 2 rings (SSSR count). The van der Waals surface area contributed by atoms with Crippen molar-refractivity contribution in [2.45, 2.75) is 19.8 Å². The van der Waals surface area contributed by atoms with Crippen LogP contribution < -0.4 is 11.1 Å². The van der Waals surface area contributed by atoms with Crippen LogP contribution in [0, 0.1) is 11.8 Å². The van der Waals surface area contributed by atoms with Gasteiger partial charge >= 0.3 is 0 Å². The number of nitrogens with two attached hydrogens (primary N) is 1. The van der Waals surface area contributed by atoms with Crippen molar-refractivity contribution in [2.75, 3.05) is 26.3 Å². The van der Waals surface area contributed by atoms with Gasteiger partial charge in [0.15, 0.2) is 0 Å². The normalized spacial score (nSPS) is 29.9. The van der Waals surface area contributed by atoms with Crippen LogP contribution in [0.25, 0.3) is 0 Å². The summed E-state index contributed by atoms with van der Waals surface area (Å²) in [6, 6.07) is 0. The Morgan fingerprint density at radius 3 is 3.12 bits per heavy atom. The Morgan fingerprint density at radius 2 is 2.50 bits per heavy atom.